The fourth-order valence-electron chi connectivity index (χ4n) is 2.55. The third-order valence-corrected chi connectivity index (χ3v) is 6.19. The van der Waals surface area contributed by atoms with Gasteiger partial charge in [0.05, 0.1) is 16.7 Å². The van der Waals surface area contributed by atoms with Crippen LogP contribution in [-0.2, 0) is 10.0 Å². The number of likely N-dealkylation sites (N-methyl/N-ethyl adjacent to an activating group) is 2. The molecule has 1 aliphatic rings. The fraction of sp³-hybridized carbons (Fsp3) is 0.500. The van der Waals surface area contributed by atoms with Crippen LogP contribution in [0.15, 0.2) is 23.1 Å². The molecule has 2 rings (SSSR count). The summed E-state index contributed by atoms with van der Waals surface area (Å²) in [5.74, 6) is 0. The Balaban J connectivity index is 2.23. The van der Waals surface area contributed by atoms with Gasteiger partial charge in [0.15, 0.2) is 0 Å². The first-order valence-corrected chi connectivity index (χ1v) is 8.54. The van der Waals surface area contributed by atoms with Gasteiger partial charge in [-0.2, -0.15) is 9.57 Å². The van der Waals surface area contributed by atoms with Crippen molar-refractivity contribution in [2.24, 2.45) is 0 Å². The van der Waals surface area contributed by atoms with Crippen LogP contribution in [-0.4, -0.2) is 50.8 Å². The van der Waals surface area contributed by atoms with Crippen LogP contribution in [0.5, 0.6) is 0 Å². The quantitative estimate of drug-likeness (QED) is 0.847. The minimum atomic E-state index is -3.64. The smallest absolute Gasteiger partial charge is 0.244 e. The van der Waals surface area contributed by atoms with Gasteiger partial charge in [-0.05, 0) is 44.6 Å². The molecule has 1 heterocycles. The van der Waals surface area contributed by atoms with Crippen molar-refractivity contribution in [2.45, 2.75) is 23.8 Å². The van der Waals surface area contributed by atoms with Crippen molar-refractivity contribution in [1.82, 2.24) is 9.21 Å². The lowest BCUT2D eigenvalue weighted by molar-refractivity contribution is 0.271. The van der Waals surface area contributed by atoms with Gasteiger partial charge in [-0.25, -0.2) is 8.42 Å². The van der Waals surface area contributed by atoms with Crippen molar-refractivity contribution in [3.05, 3.63) is 28.8 Å². The van der Waals surface area contributed by atoms with Crippen molar-refractivity contribution in [1.29, 1.82) is 5.26 Å². The number of hydrogen-bond donors (Lipinski definition) is 0. The second kappa shape index (κ2) is 6.32. The van der Waals surface area contributed by atoms with E-state index in [0.717, 1.165) is 19.4 Å². The molecular weight excluding hydrogens is 310 g/mol. The number of hydrogen-bond acceptors (Lipinski definition) is 4. The Morgan fingerprint density at radius 3 is 2.76 bits per heavy atom. The molecule has 114 valence electrons. The molecule has 1 saturated heterocycles. The largest absolute Gasteiger partial charge is 0.302 e. The average Bonchev–Trinajstić information content (AvgIpc) is 2.83. The SMILES string of the molecule is CN1CCCC1CN(C)S(=O)(=O)c1ccc(C#N)cc1Cl. The number of rotatable bonds is 4. The summed E-state index contributed by atoms with van der Waals surface area (Å²) in [6.07, 6.45) is 2.09. The summed E-state index contributed by atoms with van der Waals surface area (Å²) in [7, 11) is -0.0680. The number of halogens is 1. The van der Waals surface area contributed by atoms with E-state index in [-0.39, 0.29) is 16.0 Å². The Morgan fingerprint density at radius 2 is 2.24 bits per heavy atom. The van der Waals surface area contributed by atoms with E-state index < -0.39 is 10.0 Å². The van der Waals surface area contributed by atoms with E-state index in [9.17, 15) is 8.42 Å². The molecule has 1 fully saturated rings. The predicted molar refractivity (Wildman–Crippen MR) is 81.6 cm³/mol. The van der Waals surface area contributed by atoms with Crippen LogP contribution in [0.4, 0.5) is 0 Å². The maximum atomic E-state index is 12.6. The van der Waals surface area contributed by atoms with Crippen LogP contribution in [0.25, 0.3) is 0 Å². The summed E-state index contributed by atoms with van der Waals surface area (Å²) in [5.41, 5.74) is 0.345. The van der Waals surface area contributed by atoms with Gasteiger partial charge in [-0.3, -0.25) is 0 Å². The summed E-state index contributed by atoms with van der Waals surface area (Å²) in [6.45, 7) is 1.44. The van der Waals surface area contributed by atoms with E-state index in [1.54, 1.807) is 7.05 Å². The van der Waals surface area contributed by atoms with Gasteiger partial charge in [0.1, 0.15) is 4.90 Å². The third-order valence-electron chi connectivity index (χ3n) is 3.89. The first-order chi connectivity index (χ1) is 9.86. The van der Waals surface area contributed by atoms with Crippen LogP contribution in [0, 0.1) is 11.3 Å². The molecule has 1 aromatic carbocycles. The van der Waals surface area contributed by atoms with Crippen LogP contribution in [0.3, 0.4) is 0 Å². The van der Waals surface area contributed by atoms with Crippen molar-refractivity contribution < 1.29 is 8.42 Å². The minimum absolute atomic E-state index is 0.0475. The van der Waals surface area contributed by atoms with Gasteiger partial charge in [0.25, 0.3) is 0 Å². The predicted octanol–water partition coefficient (Wildman–Crippen LogP) is 1.93. The lowest BCUT2D eigenvalue weighted by Gasteiger charge is -2.25. The molecule has 21 heavy (non-hydrogen) atoms. The summed E-state index contributed by atoms with van der Waals surface area (Å²) < 4.78 is 26.5. The molecule has 5 nitrogen and oxygen atoms in total. The fourth-order valence-corrected chi connectivity index (χ4v) is 4.27. The summed E-state index contributed by atoms with van der Waals surface area (Å²) in [6, 6.07) is 6.42. The average molecular weight is 328 g/mol. The molecule has 1 aliphatic heterocycles. The Hall–Kier alpha value is -1.13. The number of benzene rings is 1. The van der Waals surface area contributed by atoms with Gasteiger partial charge in [-0.15, -0.1) is 0 Å². The van der Waals surface area contributed by atoms with E-state index in [1.165, 1.54) is 22.5 Å². The molecule has 0 N–H and O–H groups in total. The highest BCUT2D eigenvalue weighted by Crippen LogP contribution is 2.26. The normalized spacial score (nSPS) is 19.9. The van der Waals surface area contributed by atoms with Gasteiger partial charge in [0.2, 0.25) is 10.0 Å². The number of nitriles is 1. The highest BCUT2D eigenvalue weighted by Gasteiger charge is 2.29. The molecule has 0 saturated carbocycles. The van der Waals surface area contributed by atoms with Crippen LogP contribution in [0.2, 0.25) is 5.02 Å². The van der Waals surface area contributed by atoms with Crippen LogP contribution >= 0.6 is 11.6 Å². The molecular formula is C14H18ClN3O2S. The zero-order chi connectivity index (χ0) is 15.6. The van der Waals surface area contributed by atoms with E-state index >= 15 is 0 Å². The summed E-state index contributed by atoms with van der Waals surface area (Å²) in [4.78, 5) is 2.22. The highest BCUT2D eigenvalue weighted by molar-refractivity contribution is 7.89. The van der Waals surface area contributed by atoms with Gasteiger partial charge < -0.3 is 4.90 Å². The van der Waals surface area contributed by atoms with Gasteiger partial charge in [-0.1, -0.05) is 11.6 Å². The van der Waals surface area contributed by atoms with E-state index in [0.29, 0.717) is 12.1 Å². The molecule has 1 aromatic rings. The van der Waals surface area contributed by atoms with Crippen LogP contribution < -0.4 is 0 Å². The zero-order valence-corrected chi connectivity index (χ0v) is 13.7. The molecule has 0 amide bonds. The van der Waals surface area contributed by atoms with E-state index in [2.05, 4.69) is 4.90 Å². The summed E-state index contributed by atoms with van der Waals surface area (Å²) in [5, 5.41) is 8.89. The zero-order valence-electron chi connectivity index (χ0n) is 12.1. The first-order valence-electron chi connectivity index (χ1n) is 6.72. The Kier molecular flexibility index (Phi) is 4.89. The van der Waals surface area contributed by atoms with E-state index in [1.807, 2.05) is 13.1 Å². The molecule has 0 radical (unpaired) electrons. The molecule has 0 aromatic heterocycles. The van der Waals surface area contributed by atoms with Crippen molar-refractivity contribution in [2.75, 3.05) is 27.2 Å². The number of likely N-dealkylation sites (tertiary alicyclic amines) is 1. The maximum Gasteiger partial charge on any atom is 0.244 e. The second-order valence-electron chi connectivity index (χ2n) is 5.32. The van der Waals surface area contributed by atoms with Crippen molar-refractivity contribution in [3.8, 4) is 6.07 Å². The summed E-state index contributed by atoms with van der Waals surface area (Å²) >= 11 is 6.01. The Labute approximate surface area is 130 Å². The van der Waals surface area contributed by atoms with Gasteiger partial charge in [0, 0.05) is 19.6 Å². The second-order valence-corrected chi connectivity index (χ2v) is 7.74. The maximum absolute atomic E-state index is 12.6. The lowest BCUT2D eigenvalue weighted by atomic mass is 10.2. The third kappa shape index (κ3) is 3.38. The van der Waals surface area contributed by atoms with E-state index in [4.69, 9.17) is 16.9 Å². The molecule has 1 atom stereocenters. The Bertz CT molecular complexity index is 669. The minimum Gasteiger partial charge on any atom is -0.302 e. The highest BCUT2D eigenvalue weighted by atomic mass is 35.5. The van der Waals surface area contributed by atoms with Gasteiger partial charge >= 0.3 is 0 Å². The topological polar surface area (TPSA) is 64.4 Å². The number of sulfonamides is 1. The molecule has 0 bridgehead atoms. The molecule has 7 heteroatoms. The van der Waals surface area contributed by atoms with Crippen LogP contribution in [0.1, 0.15) is 18.4 Å². The Morgan fingerprint density at radius 1 is 1.52 bits per heavy atom. The van der Waals surface area contributed by atoms with Crippen molar-refractivity contribution in [3.63, 3.8) is 0 Å². The molecule has 0 aliphatic carbocycles. The number of nitrogens with zero attached hydrogens (tertiary/aromatic N) is 3. The molecule has 1 unspecified atom stereocenters. The standard InChI is InChI=1S/C14H18ClN3O2S/c1-17-7-3-4-12(17)10-18(2)21(19,20)14-6-5-11(9-16)8-13(14)15/h5-6,8,12H,3-4,7,10H2,1-2H3. The van der Waals surface area contributed by atoms with Crippen molar-refractivity contribution >= 4 is 21.6 Å². The first kappa shape index (κ1) is 16.2. The monoisotopic (exact) mass is 327 g/mol. The lowest BCUT2D eigenvalue weighted by Crippen LogP contribution is -2.39. The molecule has 0 spiro atoms.